The van der Waals surface area contributed by atoms with E-state index in [2.05, 4.69) is 0 Å². The molecule has 0 saturated heterocycles. The van der Waals surface area contributed by atoms with Gasteiger partial charge in [0.2, 0.25) is 0 Å². The summed E-state index contributed by atoms with van der Waals surface area (Å²) in [6, 6.07) is 22.7. The van der Waals surface area contributed by atoms with Crippen LogP contribution in [-0.4, -0.2) is 15.9 Å². The van der Waals surface area contributed by atoms with Crippen LogP contribution in [0.3, 0.4) is 0 Å². The summed E-state index contributed by atoms with van der Waals surface area (Å²) >= 11 is 0. The van der Waals surface area contributed by atoms with Gasteiger partial charge in [0.1, 0.15) is 5.82 Å². The molecule has 0 saturated carbocycles. The smallest absolute Gasteiger partial charge is 0.290 e. The minimum absolute atomic E-state index is 0.276. The average Bonchev–Trinajstić information content (AvgIpc) is 2.95. The summed E-state index contributed by atoms with van der Waals surface area (Å²) in [7, 11) is 0. The van der Waals surface area contributed by atoms with Gasteiger partial charge in [0.15, 0.2) is 5.76 Å². The molecule has 1 aliphatic heterocycles. The second kappa shape index (κ2) is 7.31. The van der Waals surface area contributed by atoms with E-state index >= 15 is 0 Å². The van der Waals surface area contributed by atoms with E-state index in [0.717, 1.165) is 11.1 Å². The number of amides is 1. The third-order valence-electron chi connectivity index (χ3n) is 5.06. The molecule has 3 aromatic rings. The van der Waals surface area contributed by atoms with Crippen molar-refractivity contribution in [2.24, 2.45) is 0 Å². The Hall–Kier alpha value is -3.40. The second-order valence-electron chi connectivity index (χ2n) is 6.97. The van der Waals surface area contributed by atoms with Crippen LogP contribution in [0.15, 0.2) is 84.6 Å². The van der Waals surface area contributed by atoms with Crippen LogP contribution in [0.5, 0.6) is 0 Å². The Morgan fingerprint density at radius 1 is 0.929 bits per heavy atom. The summed E-state index contributed by atoms with van der Waals surface area (Å²) in [5, 5.41) is 10.7. The number of carbonyl (C=O) groups excluding carboxylic acids is 1. The molecule has 1 heterocycles. The summed E-state index contributed by atoms with van der Waals surface area (Å²) in [5.74, 6) is -1.23. The topological polar surface area (TPSA) is 40.5 Å². The fraction of sp³-hybridized carbons (Fsp3) is 0.125. The van der Waals surface area contributed by atoms with Crippen molar-refractivity contribution in [2.45, 2.75) is 19.5 Å². The SMILES string of the molecule is Cc1ccc(CN2C(=O)C(O)=C(c3ccccc3)[C@H]2c2ccccc2F)cc1. The molecule has 3 aromatic carbocycles. The Bertz CT molecular complexity index is 1040. The summed E-state index contributed by atoms with van der Waals surface area (Å²) in [4.78, 5) is 14.5. The third kappa shape index (κ3) is 3.18. The van der Waals surface area contributed by atoms with Crippen molar-refractivity contribution in [3.63, 3.8) is 0 Å². The maximum Gasteiger partial charge on any atom is 0.290 e. The molecule has 3 nitrogen and oxygen atoms in total. The first-order valence-corrected chi connectivity index (χ1v) is 9.16. The molecule has 0 aliphatic carbocycles. The van der Waals surface area contributed by atoms with E-state index in [1.165, 1.54) is 11.0 Å². The highest BCUT2D eigenvalue weighted by atomic mass is 19.1. The molecule has 0 unspecified atom stereocenters. The van der Waals surface area contributed by atoms with Gasteiger partial charge in [-0.1, -0.05) is 78.4 Å². The van der Waals surface area contributed by atoms with Crippen molar-refractivity contribution >= 4 is 11.5 Å². The predicted octanol–water partition coefficient (Wildman–Crippen LogP) is 5.19. The molecule has 1 aliphatic rings. The van der Waals surface area contributed by atoms with Gasteiger partial charge in [0, 0.05) is 17.7 Å². The zero-order valence-electron chi connectivity index (χ0n) is 15.5. The van der Waals surface area contributed by atoms with Crippen LogP contribution < -0.4 is 0 Å². The Morgan fingerprint density at radius 3 is 2.25 bits per heavy atom. The van der Waals surface area contributed by atoms with E-state index in [-0.39, 0.29) is 12.3 Å². The molecular weight excluding hydrogens is 353 g/mol. The van der Waals surface area contributed by atoms with Gasteiger partial charge in [-0.3, -0.25) is 4.79 Å². The number of carbonyl (C=O) groups is 1. The minimum atomic E-state index is -0.697. The van der Waals surface area contributed by atoms with Crippen LogP contribution in [0, 0.1) is 12.7 Å². The fourth-order valence-corrected chi connectivity index (χ4v) is 3.64. The number of benzene rings is 3. The van der Waals surface area contributed by atoms with Crippen molar-refractivity contribution in [2.75, 3.05) is 0 Å². The van der Waals surface area contributed by atoms with Crippen molar-refractivity contribution in [3.8, 4) is 0 Å². The molecular formula is C24H20FNO2. The number of hydrogen-bond donors (Lipinski definition) is 1. The quantitative estimate of drug-likeness (QED) is 0.684. The Labute approximate surface area is 163 Å². The van der Waals surface area contributed by atoms with Gasteiger partial charge in [-0.25, -0.2) is 4.39 Å². The number of rotatable bonds is 4. The highest BCUT2D eigenvalue weighted by molar-refractivity contribution is 6.05. The Morgan fingerprint density at radius 2 is 1.57 bits per heavy atom. The lowest BCUT2D eigenvalue weighted by atomic mass is 9.93. The number of halogens is 1. The van der Waals surface area contributed by atoms with E-state index in [1.54, 1.807) is 18.2 Å². The summed E-state index contributed by atoms with van der Waals surface area (Å²) in [6.07, 6.45) is 0. The number of aryl methyl sites for hydroxylation is 1. The van der Waals surface area contributed by atoms with E-state index < -0.39 is 17.8 Å². The number of nitrogens with zero attached hydrogens (tertiary/aromatic N) is 1. The van der Waals surface area contributed by atoms with Gasteiger partial charge in [0.25, 0.3) is 5.91 Å². The maximum absolute atomic E-state index is 14.7. The first-order chi connectivity index (χ1) is 13.6. The third-order valence-corrected chi connectivity index (χ3v) is 5.06. The lowest BCUT2D eigenvalue weighted by Gasteiger charge is -2.28. The Kier molecular flexibility index (Phi) is 4.70. The van der Waals surface area contributed by atoms with Gasteiger partial charge in [-0.05, 0) is 24.1 Å². The van der Waals surface area contributed by atoms with E-state index in [9.17, 15) is 14.3 Å². The average molecular weight is 373 g/mol. The lowest BCUT2D eigenvalue weighted by molar-refractivity contribution is -0.130. The number of aliphatic hydroxyl groups excluding tert-OH is 1. The molecule has 0 fully saturated rings. The zero-order chi connectivity index (χ0) is 19.7. The second-order valence-corrected chi connectivity index (χ2v) is 6.97. The van der Waals surface area contributed by atoms with Crippen LogP contribution in [-0.2, 0) is 11.3 Å². The van der Waals surface area contributed by atoms with E-state index in [4.69, 9.17) is 0 Å². The van der Waals surface area contributed by atoms with Gasteiger partial charge in [-0.15, -0.1) is 0 Å². The lowest BCUT2D eigenvalue weighted by Crippen LogP contribution is -2.30. The van der Waals surface area contributed by atoms with Gasteiger partial charge >= 0.3 is 0 Å². The summed E-state index contributed by atoms with van der Waals surface area (Å²) in [6.45, 7) is 2.27. The highest BCUT2D eigenvalue weighted by Gasteiger charge is 2.41. The predicted molar refractivity (Wildman–Crippen MR) is 107 cm³/mol. The first-order valence-electron chi connectivity index (χ1n) is 9.16. The molecule has 4 heteroatoms. The van der Waals surface area contributed by atoms with Crippen LogP contribution in [0.4, 0.5) is 4.39 Å². The molecule has 0 radical (unpaired) electrons. The standard InChI is InChI=1S/C24H20FNO2/c1-16-11-13-17(14-12-16)15-26-22(19-9-5-6-10-20(19)25)21(23(27)24(26)28)18-7-3-2-4-8-18/h2-14,22,27H,15H2,1H3/t22-/m1/s1. The summed E-state index contributed by atoms with van der Waals surface area (Å²) < 4.78 is 14.7. The van der Waals surface area contributed by atoms with Crippen molar-refractivity contribution in [1.82, 2.24) is 4.90 Å². The normalized spacial score (nSPS) is 16.7. The van der Waals surface area contributed by atoms with Crippen LogP contribution in [0.2, 0.25) is 0 Å². The molecule has 0 bridgehead atoms. The molecule has 1 atom stereocenters. The fourth-order valence-electron chi connectivity index (χ4n) is 3.64. The van der Waals surface area contributed by atoms with E-state index in [0.29, 0.717) is 16.7 Å². The van der Waals surface area contributed by atoms with E-state index in [1.807, 2.05) is 61.5 Å². The van der Waals surface area contributed by atoms with Crippen molar-refractivity contribution < 1.29 is 14.3 Å². The van der Waals surface area contributed by atoms with Gasteiger partial charge < -0.3 is 10.0 Å². The molecule has 140 valence electrons. The molecule has 1 N–H and O–H groups in total. The monoisotopic (exact) mass is 373 g/mol. The first kappa shape index (κ1) is 18.0. The van der Waals surface area contributed by atoms with Crippen LogP contribution in [0.25, 0.3) is 5.57 Å². The largest absolute Gasteiger partial charge is 0.503 e. The van der Waals surface area contributed by atoms with Crippen molar-refractivity contribution in [3.05, 3.63) is 113 Å². The van der Waals surface area contributed by atoms with Crippen LogP contribution >= 0.6 is 0 Å². The van der Waals surface area contributed by atoms with Gasteiger partial charge in [-0.2, -0.15) is 0 Å². The van der Waals surface area contributed by atoms with Crippen LogP contribution in [0.1, 0.15) is 28.3 Å². The molecule has 4 rings (SSSR count). The molecule has 0 aromatic heterocycles. The van der Waals surface area contributed by atoms with Gasteiger partial charge in [0.05, 0.1) is 6.04 Å². The summed E-state index contributed by atoms with van der Waals surface area (Å²) in [5.41, 5.74) is 3.54. The zero-order valence-corrected chi connectivity index (χ0v) is 15.5. The highest BCUT2D eigenvalue weighted by Crippen LogP contribution is 2.44. The molecule has 28 heavy (non-hydrogen) atoms. The van der Waals surface area contributed by atoms with Crippen molar-refractivity contribution in [1.29, 1.82) is 0 Å². The maximum atomic E-state index is 14.7. The molecule has 1 amide bonds. The minimum Gasteiger partial charge on any atom is -0.503 e. The number of aliphatic hydroxyl groups is 1. The Balaban J connectivity index is 1.83. The number of hydrogen-bond acceptors (Lipinski definition) is 2. The molecule has 0 spiro atoms.